The maximum absolute atomic E-state index is 12.7. The van der Waals surface area contributed by atoms with Gasteiger partial charge in [-0.1, -0.05) is 15.9 Å². The summed E-state index contributed by atoms with van der Waals surface area (Å²) in [7, 11) is 0. The van der Waals surface area contributed by atoms with Gasteiger partial charge in [0, 0.05) is 10.0 Å². The Morgan fingerprint density at radius 2 is 1.67 bits per heavy atom. The number of carbonyl (C=O) groups is 3. The van der Waals surface area contributed by atoms with Crippen LogP contribution >= 0.6 is 15.9 Å². The molecule has 0 bridgehead atoms. The first kappa shape index (κ1) is 18.4. The number of carbonyl (C=O) groups excluding carboxylic acids is 3. The molecule has 0 aliphatic carbocycles. The standard InChI is InChI=1S/C17H21BrN2O4/c1-16(2,3)19-15(23)17(4,5)12-13(21)20(24-14(12)22)11-8-6-10(18)7-9-11/h6-9,12H,1-5H3,(H,19,23). The zero-order valence-corrected chi connectivity index (χ0v) is 15.9. The first-order valence-electron chi connectivity index (χ1n) is 7.57. The van der Waals surface area contributed by atoms with Gasteiger partial charge in [0.25, 0.3) is 5.91 Å². The smallest absolute Gasteiger partial charge is 0.346 e. The van der Waals surface area contributed by atoms with E-state index in [0.29, 0.717) is 5.69 Å². The van der Waals surface area contributed by atoms with Gasteiger partial charge in [0.1, 0.15) is 0 Å². The molecule has 1 N–H and O–H groups in total. The fourth-order valence-electron chi connectivity index (χ4n) is 2.40. The van der Waals surface area contributed by atoms with Crippen molar-refractivity contribution in [2.45, 2.75) is 40.2 Å². The Morgan fingerprint density at radius 1 is 1.12 bits per heavy atom. The maximum atomic E-state index is 12.7. The molecule has 0 saturated carbocycles. The highest BCUT2D eigenvalue weighted by Gasteiger charge is 2.55. The molecule has 1 unspecified atom stereocenters. The monoisotopic (exact) mass is 396 g/mol. The molecule has 2 rings (SSSR count). The van der Waals surface area contributed by atoms with E-state index in [1.54, 1.807) is 38.1 Å². The molecule has 1 fully saturated rings. The van der Waals surface area contributed by atoms with E-state index in [2.05, 4.69) is 21.2 Å². The molecule has 1 aliphatic heterocycles. The van der Waals surface area contributed by atoms with Crippen molar-refractivity contribution in [1.82, 2.24) is 5.32 Å². The van der Waals surface area contributed by atoms with E-state index in [4.69, 9.17) is 4.84 Å². The molecule has 1 aliphatic rings. The number of rotatable bonds is 3. The van der Waals surface area contributed by atoms with Crippen LogP contribution in [0.1, 0.15) is 34.6 Å². The lowest BCUT2D eigenvalue weighted by atomic mass is 9.77. The number of benzene rings is 1. The number of nitrogens with one attached hydrogen (secondary N) is 1. The van der Waals surface area contributed by atoms with Crippen LogP contribution in [-0.4, -0.2) is 23.3 Å². The second-order valence-corrected chi connectivity index (χ2v) is 8.29. The first-order chi connectivity index (χ1) is 10.9. The molecule has 1 atom stereocenters. The van der Waals surface area contributed by atoms with Crippen LogP contribution in [0.4, 0.5) is 5.69 Å². The zero-order chi connectivity index (χ0) is 18.3. The predicted molar refractivity (Wildman–Crippen MR) is 92.9 cm³/mol. The Kier molecular flexibility index (Phi) is 4.77. The lowest BCUT2D eigenvalue weighted by Gasteiger charge is -2.30. The molecule has 1 heterocycles. The van der Waals surface area contributed by atoms with Crippen LogP contribution in [0.2, 0.25) is 0 Å². The molecule has 6 nitrogen and oxygen atoms in total. The number of nitrogens with zero attached hydrogens (tertiary/aromatic N) is 1. The molecule has 1 aromatic rings. The van der Waals surface area contributed by atoms with Gasteiger partial charge in [-0.3, -0.25) is 9.59 Å². The van der Waals surface area contributed by atoms with E-state index in [-0.39, 0.29) is 5.91 Å². The van der Waals surface area contributed by atoms with Gasteiger partial charge in [-0.25, -0.2) is 4.79 Å². The molecule has 1 aromatic carbocycles. The highest BCUT2D eigenvalue weighted by atomic mass is 79.9. The second-order valence-electron chi connectivity index (χ2n) is 7.38. The van der Waals surface area contributed by atoms with Crippen molar-refractivity contribution in [3.8, 4) is 0 Å². The number of hydrogen-bond donors (Lipinski definition) is 1. The average Bonchev–Trinajstić information content (AvgIpc) is 2.73. The Bertz CT molecular complexity index is 677. The quantitative estimate of drug-likeness (QED) is 0.796. The highest BCUT2D eigenvalue weighted by Crippen LogP contribution is 2.37. The first-order valence-corrected chi connectivity index (χ1v) is 8.37. The number of hydrogen-bond acceptors (Lipinski definition) is 4. The molecule has 0 radical (unpaired) electrons. The van der Waals surface area contributed by atoms with Gasteiger partial charge in [0.2, 0.25) is 5.91 Å². The Morgan fingerprint density at radius 3 is 2.17 bits per heavy atom. The van der Waals surface area contributed by atoms with E-state index in [0.717, 1.165) is 9.54 Å². The van der Waals surface area contributed by atoms with Crippen molar-refractivity contribution in [2.75, 3.05) is 5.06 Å². The minimum Gasteiger partial charge on any atom is -0.351 e. The summed E-state index contributed by atoms with van der Waals surface area (Å²) in [6.07, 6.45) is 0. The molecular formula is C17H21BrN2O4. The van der Waals surface area contributed by atoms with E-state index in [1.807, 2.05) is 20.8 Å². The van der Waals surface area contributed by atoms with E-state index >= 15 is 0 Å². The molecule has 130 valence electrons. The lowest BCUT2D eigenvalue weighted by molar-refractivity contribution is -0.150. The average molecular weight is 397 g/mol. The Labute approximate surface area is 149 Å². The fourth-order valence-corrected chi connectivity index (χ4v) is 2.66. The SMILES string of the molecule is CC(C)(C)NC(=O)C(C)(C)C1C(=O)ON(c2ccc(Br)cc2)C1=O. The number of hydroxylamine groups is 1. The summed E-state index contributed by atoms with van der Waals surface area (Å²) in [6, 6.07) is 6.78. The Hall–Kier alpha value is -1.89. The third-order valence-electron chi connectivity index (χ3n) is 3.72. The minimum absolute atomic E-state index is 0.372. The van der Waals surface area contributed by atoms with E-state index < -0.39 is 28.7 Å². The van der Waals surface area contributed by atoms with Crippen LogP contribution in [0, 0.1) is 11.3 Å². The summed E-state index contributed by atoms with van der Waals surface area (Å²) in [5.74, 6) is -2.83. The van der Waals surface area contributed by atoms with Crippen LogP contribution in [0.5, 0.6) is 0 Å². The summed E-state index contributed by atoms with van der Waals surface area (Å²) >= 11 is 3.31. The molecule has 2 amide bonds. The van der Waals surface area contributed by atoms with Gasteiger partial charge in [-0.05, 0) is 58.9 Å². The number of halogens is 1. The van der Waals surface area contributed by atoms with Gasteiger partial charge in [0.15, 0.2) is 5.92 Å². The van der Waals surface area contributed by atoms with E-state index in [9.17, 15) is 14.4 Å². The van der Waals surface area contributed by atoms with Gasteiger partial charge >= 0.3 is 5.97 Å². The highest BCUT2D eigenvalue weighted by molar-refractivity contribution is 9.10. The number of amides is 2. The minimum atomic E-state index is -1.23. The van der Waals surface area contributed by atoms with Crippen LogP contribution < -0.4 is 10.4 Å². The van der Waals surface area contributed by atoms with Crippen molar-refractivity contribution in [1.29, 1.82) is 0 Å². The summed E-state index contributed by atoms with van der Waals surface area (Å²) in [5, 5.41) is 3.77. The Balaban J connectivity index is 2.28. The normalized spacial score (nSPS) is 18.6. The summed E-state index contributed by atoms with van der Waals surface area (Å²) in [6.45, 7) is 8.66. The fraction of sp³-hybridized carbons (Fsp3) is 0.471. The topological polar surface area (TPSA) is 75.7 Å². The summed E-state index contributed by atoms with van der Waals surface area (Å²) in [4.78, 5) is 42.7. The van der Waals surface area contributed by atoms with Crippen molar-refractivity contribution >= 4 is 39.4 Å². The molecule has 0 aromatic heterocycles. The van der Waals surface area contributed by atoms with Crippen molar-refractivity contribution in [3.63, 3.8) is 0 Å². The van der Waals surface area contributed by atoms with Crippen molar-refractivity contribution < 1.29 is 19.2 Å². The maximum Gasteiger partial charge on any atom is 0.346 e. The second kappa shape index (κ2) is 6.20. The lowest BCUT2D eigenvalue weighted by Crippen LogP contribution is -2.52. The largest absolute Gasteiger partial charge is 0.351 e. The third-order valence-corrected chi connectivity index (χ3v) is 4.25. The predicted octanol–water partition coefficient (Wildman–Crippen LogP) is 2.81. The number of anilines is 1. The van der Waals surface area contributed by atoms with Crippen LogP contribution in [0.3, 0.4) is 0 Å². The summed E-state index contributed by atoms with van der Waals surface area (Å²) in [5.41, 5.74) is -1.26. The van der Waals surface area contributed by atoms with E-state index in [1.165, 1.54) is 0 Å². The molecule has 7 heteroatoms. The van der Waals surface area contributed by atoms with Crippen LogP contribution in [0.15, 0.2) is 28.7 Å². The zero-order valence-electron chi connectivity index (χ0n) is 14.3. The molecule has 0 spiro atoms. The van der Waals surface area contributed by atoms with Gasteiger partial charge in [-0.2, -0.15) is 0 Å². The van der Waals surface area contributed by atoms with Crippen molar-refractivity contribution in [3.05, 3.63) is 28.7 Å². The van der Waals surface area contributed by atoms with Crippen molar-refractivity contribution in [2.24, 2.45) is 11.3 Å². The van der Waals surface area contributed by atoms with Gasteiger partial charge < -0.3 is 10.2 Å². The molecular weight excluding hydrogens is 376 g/mol. The van der Waals surface area contributed by atoms with Crippen LogP contribution in [-0.2, 0) is 19.2 Å². The molecule has 24 heavy (non-hydrogen) atoms. The van der Waals surface area contributed by atoms with Crippen LogP contribution in [0.25, 0.3) is 0 Å². The van der Waals surface area contributed by atoms with Gasteiger partial charge in [0.05, 0.1) is 11.1 Å². The third kappa shape index (κ3) is 3.61. The molecule has 1 saturated heterocycles. The summed E-state index contributed by atoms with van der Waals surface area (Å²) < 4.78 is 0.839. The van der Waals surface area contributed by atoms with Gasteiger partial charge in [-0.15, -0.1) is 5.06 Å².